The maximum atomic E-state index is 12.0. The molecule has 4 atom stereocenters. The molecule has 3 aromatic rings. The highest BCUT2D eigenvalue weighted by atomic mass is 79.9. The van der Waals surface area contributed by atoms with Crippen LogP contribution in [0.25, 0.3) is 11.2 Å². The lowest BCUT2D eigenvalue weighted by molar-refractivity contribution is -0.199. The summed E-state index contributed by atoms with van der Waals surface area (Å²) in [4.78, 5) is 37.7. The largest absolute Gasteiger partial charge is 0.468 e. The number of alkyl carbamates (subject to hydrolysis) is 1. The Morgan fingerprint density at radius 1 is 1.22 bits per heavy atom. The SMILES string of the molecule is COC(=O)CNC(=O)OCC1OC(n2cnc3c(NCc4ccc(Br)s4)ncnc32)C2OC(C)(C)OC12. The predicted octanol–water partition coefficient (Wildman–Crippen LogP) is 2.58. The molecule has 4 unspecified atom stereocenters. The molecule has 13 nitrogen and oxygen atoms in total. The minimum atomic E-state index is -0.865. The van der Waals surface area contributed by atoms with Crippen molar-refractivity contribution in [1.82, 2.24) is 24.8 Å². The highest BCUT2D eigenvalue weighted by Gasteiger charge is 2.56. The van der Waals surface area contributed by atoms with Crippen LogP contribution in [0.15, 0.2) is 28.6 Å². The fraction of sp³-hybridized carbons (Fsp3) is 0.500. The first-order chi connectivity index (χ1) is 17.7. The van der Waals surface area contributed by atoms with Crippen LogP contribution in [-0.4, -0.2) is 75.9 Å². The van der Waals surface area contributed by atoms with E-state index in [4.69, 9.17) is 18.9 Å². The Bertz CT molecular complexity index is 1300. The number of fused-ring (bicyclic) bond motifs is 2. The number of carbonyl (C=O) groups is 2. The number of amides is 1. The second kappa shape index (κ2) is 10.5. The minimum Gasteiger partial charge on any atom is -0.468 e. The molecule has 2 aliphatic rings. The molecule has 1 amide bonds. The summed E-state index contributed by atoms with van der Waals surface area (Å²) in [7, 11) is 1.23. The monoisotopic (exact) mass is 596 g/mol. The zero-order valence-electron chi connectivity index (χ0n) is 20.2. The topological polar surface area (TPSA) is 148 Å². The van der Waals surface area contributed by atoms with Crippen molar-refractivity contribution in [3.05, 3.63) is 33.5 Å². The number of nitrogens with zero attached hydrogens (tertiary/aromatic N) is 4. The average molecular weight is 597 g/mol. The fourth-order valence-electron chi connectivity index (χ4n) is 4.23. The molecule has 0 aromatic carbocycles. The van der Waals surface area contributed by atoms with Crippen LogP contribution in [0.4, 0.5) is 10.6 Å². The van der Waals surface area contributed by atoms with Crippen molar-refractivity contribution in [1.29, 1.82) is 0 Å². The van der Waals surface area contributed by atoms with Gasteiger partial charge in [-0.3, -0.25) is 9.36 Å². The van der Waals surface area contributed by atoms with Gasteiger partial charge in [-0.15, -0.1) is 11.3 Å². The number of hydrogen-bond acceptors (Lipinski definition) is 12. The molecular formula is C22H25BrN6O7S. The van der Waals surface area contributed by atoms with Crippen LogP contribution in [0, 0.1) is 0 Å². The summed E-state index contributed by atoms with van der Waals surface area (Å²) in [5, 5.41) is 5.64. The molecule has 2 fully saturated rings. The fourth-order valence-corrected chi connectivity index (χ4v) is 5.65. The summed E-state index contributed by atoms with van der Waals surface area (Å²) in [5.74, 6) is -0.862. The van der Waals surface area contributed by atoms with Crippen LogP contribution < -0.4 is 10.6 Å². The molecular weight excluding hydrogens is 572 g/mol. The molecule has 2 saturated heterocycles. The van der Waals surface area contributed by atoms with Crippen LogP contribution in [0.1, 0.15) is 25.0 Å². The van der Waals surface area contributed by atoms with Gasteiger partial charge in [0.25, 0.3) is 0 Å². The lowest BCUT2D eigenvalue weighted by Crippen LogP contribution is -2.37. The molecule has 198 valence electrons. The van der Waals surface area contributed by atoms with Crippen molar-refractivity contribution in [3.8, 4) is 0 Å². The van der Waals surface area contributed by atoms with E-state index in [0.717, 1.165) is 8.66 Å². The van der Waals surface area contributed by atoms with Gasteiger partial charge in [-0.05, 0) is 41.9 Å². The maximum Gasteiger partial charge on any atom is 0.407 e. The maximum absolute atomic E-state index is 12.0. The summed E-state index contributed by atoms with van der Waals surface area (Å²) >= 11 is 5.11. The number of carbonyl (C=O) groups excluding carboxylic acids is 2. The number of methoxy groups -OCH3 is 1. The number of esters is 1. The molecule has 15 heteroatoms. The molecule has 5 heterocycles. The number of rotatable bonds is 8. The van der Waals surface area contributed by atoms with Gasteiger partial charge >= 0.3 is 12.1 Å². The third-order valence-electron chi connectivity index (χ3n) is 5.80. The summed E-state index contributed by atoms with van der Waals surface area (Å²) in [6, 6.07) is 4.02. The number of aromatic nitrogens is 4. The first-order valence-corrected chi connectivity index (χ1v) is 13.0. The number of imidazole rings is 1. The second-order valence-electron chi connectivity index (χ2n) is 8.76. The zero-order chi connectivity index (χ0) is 26.2. The first kappa shape index (κ1) is 25.8. The van der Waals surface area contributed by atoms with Crippen LogP contribution in [-0.2, 0) is 35.0 Å². The van der Waals surface area contributed by atoms with E-state index in [9.17, 15) is 9.59 Å². The molecule has 0 radical (unpaired) electrons. The van der Waals surface area contributed by atoms with Crippen molar-refractivity contribution in [2.75, 3.05) is 25.6 Å². The Kier molecular flexibility index (Phi) is 7.31. The van der Waals surface area contributed by atoms with E-state index in [2.05, 4.69) is 46.3 Å². The summed E-state index contributed by atoms with van der Waals surface area (Å²) < 4.78 is 31.0. The van der Waals surface area contributed by atoms with Crippen molar-refractivity contribution in [2.24, 2.45) is 0 Å². The minimum absolute atomic E-state index is 0.116. The van der Waals surface area contributed by atoms with Crippen molar-refractivity contribution >= 4 is 56.3 Å². The number of ether oxygens (including phenoxy) is 5. The van der Waals surface area contributed by atoms with E-state index < -0.39 is 42.4 Å². The molecule has 0 saturated carbocycles. The Hall–Kier alpha value is -2.85. The lowest BCUT2D eigenvalue weighted by atomic mass is 10.1. The van der Waals surface area contributed by atoms with Gasteiger partial charge in [0.2, 0.25) is 0 Å². The number of nitrogens with one attached hydrogen (secondary N) is 2. The van der Waals surface area contributed by atoms with Crippen molar-refractivity contribution < 1.29 is 33.3 Å². The Labute approximate surface area is 223 Å². The smallest absolute Gasteiger partial charge is 0.407 e. The van der Waals surface area contributed by atoms with Crippen molar-refractivity contribution in [3.63, 3.8) is 0 Å². The lowest BCUT2D eigenvalue weighted by Gasteiger charge is -2.24. The number of hydrogen-bond donors (Lipinski definition) is 2. The van der Waals surface area contributed by atoms with Crippen LogP contribution >= 0.6 is 27.3 Å². The van der Waals surface area contributed by atoms with E-state index in [-0.39, 0.29) is 13.2 Å². The standard InChI is InChI=1S/C22H25BrN6O7S/c1-22(2)35-16-12(8-33-21(31)25-7-14(30)32-3)34-20(17(16)36-22)29-10-28-15-18(26-9-27-19(15)29)24-6-11-4-5-13(23)37-11/h4-5,9-10,12,16-17,20H,6-8H2,1-3H3,(H,25,31)(H,24,26,27). The Morgan fingerprint density at radius 2 is 2.03 bits per heavy atom. The van der Waals surface area contributed by atoms with Crippen molar-refractivity contribution in [2.45, 2.75) is 50.7 Å². The molecule has 0 bridgehead atoms. The predicted molar refractivity (Wildman–Crippen MR) is 134 cm³/mol. The van der Waals surface area contributed by atoms with Gasteiger partial charge in [0.1, 0.15) is 37.8 Å². The second-order valence-corrected chi connectivity index (χ2v) is 11.3. The zero-order valence-corrected chi connectivity index (χ0v) is 22.6. The summed E-state index contributed by atoms with van der Waals surface area (Å²) in [6.45, 7) is 3.78. The number of anilines is 1. The van der Waals surface area contributed by atoms with Crippen LogP contribution in [0.2, 0.25) is 0 Å². The summed E-state index contributed by atoms with van der Waals surface area (Å²) in [5.41, 5.74) is 1.14. The van der Waals surface area contributed by atoms with E-state index in [1.165, 1.54) is 13.4 Å². The summed E-state index contributed by atoms with van der Waals surface area (Å²) in [6.07, 6.45) is 0.0175. The molecule has 3 aromatic heterocycles. The molecule has 2 N–H and O–H groups in total. The highest BCUT2D eigenvalue weighted by Crippen LogP contribution is 2.44. The van der Waals surface area contributed by atoms with Crippen LogP contribution in [0.5, 0.6) is 0 Å². The Morgan fingerprint density at radius 3 is 2.78 bits per heavy atom. The third-order valence-corrected chi connectivity index (χ3v) is 7.42. The number of halogens is 1. The Balaban J connectivity index is 1.32. The van der Waals surface area contributed by atoms with E-state index in [1.807, 2.05) is 26.0 Å². The van der Waals surface area contributed by atoms with Crippen LogP contribution in [0.3, 0.4) is 0 Å². The number of thiophene rings is 1. The molecule has 0 aliphatic carbocycles. The van der Waals surface area contributed by atoms with Gasteiger partial charge in [-0.2, -0.15) is 0 Å². The van der Waals surface area contributed by atoms with Gasteiger partial charge in [0.15, 0.2) is 29.0 Å². The average Bonchev–Trinajstić information content (AvgIpc) is 3.63. The van der Waals surface area contributed by atoms with Gasteiger partial charge in [0, 0.05) is 4.88 Å². The van der Waals surface area contributed by atoms with Gasteiger partial charge in [0.05, 0.1) is 23.8 Å². The molecule has 5 rings (SSSR count). The molecule has 2 aliphatic heterocycles. The molecule has 0 spiro atoms. The third kappa shape index (κ3) is 5.55. The normalized spacial score (nSPS) is 24.1. The van der Waals surface area contributed by atoms with Gasteiger partial charge in [-0.25, -0.2) is 19.7 Å². The first-order valence-electron chi connectivity index (χ1n) is 11.4. The highest BCUT2D eigenvalue weighted by molar-refractivity contribution is 9.11. The van der Waals surface area contributed by atoms with E-state index in [1.54, 1.807) is 22.2 Å². The van der Waals surface area contributed by atoms with Gasteiger partial charge in [-0.1, -0.05) is 0 Å². The quantitative estimate of drug-likeness (QED) is 0.369. The van der Waals surface area contributed by atoms with E-state index in [0.29, 0.717) is 23.5 Å². The van der Waals surface area contributed by atoms with E-state index >= 15 is 0 Å². The van der Waals surface area contributed by atoms with Gasteiger partial charge < -0.3 is 34.3 Å². The molecule has 37 heavy (non-hydrogen) atoms.